The zero-order valence-corrected chi connectivity index (χ0v) is 33.6. The fourth-order valence-corrected chi connectivity index (χ4v) is 6.54. The Morgan fingerprint density at radius 3 is 1.89 bits per heavy atom. The van der Waals surface area contributed by atoms with E-state index in [0.717, 1.165) is 83.5 Å². The van der Waals surface area contributed by atoms with Gasteiger partial charge in [-0.2, -0.15) is 0 Å². The molecule has 2 aliphatic rings. The van der Waals surface area contributed by atoms with E-state index in [9.17, 15) is 45.6 Å². The zero-order chi connectivity index (χ0) is 41.1. The van der Waals surface area contributed by atoms with Crippen molar-refractivity contribution < 1.29 is 64.6 Å². The molecular weight excluding hydrogens is 726 g/mol. The van der Waals surface area contributed by atoms with E-state index < -0.39 is 86.8 Å². The van der Waals surface area contributed by atoms with Crippen LogP contribution in [0, 0.1) is 0 Å². The molecule has 0 radical (unpaired) electrons. The summed E-state index contributed by atoms with van der Waals surface area (Å²) in [5.41, 5.74) is 0. The second-order valence-corrected chi connectivity index (χ2v) is 14.7. The number of carbonyl (C=O) groups is 1. The lowest BCUT2D eigenvalue weighted by molar-refractivity contribution is -0.359. The van der Waals surface area contributed by atoms with E-state index in [1.165, 1.54) is 6.42 Å². The van der Waals surface area contributed by atoms with Crippen molar-refractivity contribution >= 4 is 5.91 Å². The van der Waals surface area contributed by atoms with Crippen molar-refractivity contribution in [2.24, 2.45) is 0 Å². The van der Waals surface area contributed by atoms with E-state index in [-0.39, 0.29) is 18.9 Å². The van der Waals surface area contributed by atoms with Crippen LogP contribution in [0.5, 0.6) is 0 Å². The highest BCUT2D eigenvalue weighted by Gasteiger charge is 2.50. The first-order chi connectivity index (χ1) is 27.1. The van der Waals surface area contributed by atoms with Crippen molar-refractivity contribution in [2.75, 3.05) is 19.8 Å². The molecule has 12 atom stereocenters. The molecule has 0 spiro atoms. The maximum Gasteiger partial charge on any atom is 0.220 e. The van der Waals surface area contributed by atoms with Crippen molar-refractivity contribution in [1.82, 2.24) is 5.32 Å². The van der Waals surface area contributed by atoms with Gasteiger partial charge in [-0.1, -0.05) is 107 Å². The Hall–Kier alpha value is -2.05. The van der Waals surface area contributed by atoms with Gasteiger partial charge in [0.2, 0.25) is 5.91 Å². The predicted octanol–water partition coefficient (Wildman–Crippen LogP) is 2.98. The van der Waals surface area contributed by atoms with Gasteiger partial charge >= 0.3 is 0 Å². The molecule has 56 heavy (non-hydrogen) atoms. The SMILES string of the molecule is CC/C=C\C/C=C\C/C=C\CCCCCCCC(=O)NC(COC1OC(CO)C(OC2OC(CO)C(O)C(O)C2O)C(O)C1O)C(O)/C=C/CCCCCCC. The molecule has 0 aromatic carbocycles. The van der Waals surface area contributed by atoms with Crippen LogP contribution in [-0.4, -0.2) is 140 Å². The average molecular weight is 800 g/mol. The predicted molar refractivity (Wildman–Crippen MR) is 212 cm³/mol. The molecule has 1 amide bonds. The highest BCUT2D eigenvalue weighted by atomic mass is 16.7. The van der Waals surface area contributed by atoms with Gasteiger partial charge in [-0.15, -0.1) is 0 Å². The standard InChI is InChI=1S/C42H73NO13/c1-3-5-7-9-11-12-13-14-15-16-17-18-20-22-24-26-34(47)43-30(31(46)25-23-21-19-10-8-6-4-2)29-53-41-39(52)37(50)40(33(28-45)55-41)56-42-38(51)36(49)35(48)32(27-44)54-42/h5,7,11-12,14-15,23,25,30-33,35-42,44-46,48-52H,3-4,6,8-10,13,16-22,24,26-29H2,1-2H3,(H,43,47)/b7-5-,12-11-,15-14-,25-23+. The van der Waals surface area contributed by atoms with Crippen molar-refractivity contribution in [3.8, 4) is 0 Å². The van der Waals surface area contributed by atoms with Crippen LogP contribution < -0.4 is 5.32 Å². The second-order valence-electron chi connectivity index (χ2n) is 14.7. The van der Waals surface area contributed by atoms with Crippen molar-refractivity contribution in [1.29, 1.82) is 0 Å². The number of amides is 1. The summed E-state index contributed by atoms with van der Waals surface area (Å²) in [4.78, 5) is 13.0. The Kier molecular flexibility index (Phi) is 26.9. The number of allylic oxidation sites excluding steroid dienone is 7. The Balaban J connectivity index is 1.90. The number of rotatable bonds is 29. The quantitative estimate of drug-likeness (QED) is 0.0392. The summed E-state index contributed by atoms with van der Waals surface area (Å²) < 4.78 is 22.5. The molecule has 0 aromatic heterocycles. The van der Waals surface area contributed by atoms with E-state index >= 15 is 0 Å². The maximum absolute atomic E-state index is 13.0. The molecule has 9 N–H and O–H groups in total. The topological polar surface area (TPSA) is 228 Å². The largest absolute Gasteiger partial charge is 0.394 e. The number of aliphatic hydroxyl groups is 8. The molecule has 14 heteroatoms. The summed E-state index contributed by atoms with van der Waals surface area (Å²) in [6.45, 7) is 2.54. The molecule has 2 rings (SSSR count). The van der Waals surface area contributed by atoms with Gasteiger partial charge in [0, 0.05) is 6.42 Å². The molecule has 324 valence electrons. The Morgan fingerprint density at radius 1 is 0.661 bits per heavy atom. The van der Waals surface area contributed by atoms with Crippen LogP contribution in [0.1, 0.15) is 117 Å². The summed E-state index contributed by atoms with van der Waals surface area (Å²) in [5, 5.41) is 86.0. The minimum absolute atomic E-state index is 0.259. The summed E-state index contributed by atoms with van der Waals surface area (Å²) in [5.74, 6) is -0.266. The Morgan fingerprint density at radius 2 is 1.23 bits per heavy atom. The number of nitrogens with one attached hydrogen (secondary N) is 1. The van der Waals surface area contributed by atoms with Crippen molar-refractivity contribution in [2.45, 2.75) is 190 Å². The fourth-order valence-electron chi connectivity index (χ4n) is 6.54. The highest BCUT2D eigenvalue weighted by Crippen LogP contribution is 2.29. The average Bonchev–Trinajstić information content (AvgIpc) is 3.19. The summed E-state index contributed by atoms with van der Waals surface area (Å²) in [6.07, 6.45) is 14.8. The lowest BCUT2D eigenvalue weighted by Gasteiger charge is -2.46. The normalized spacial score (nSPS) is 29.9. The van der Waals surface area contributed by atoms with Gasteiger partial charge in [-0.05, 0) is 51.4 Å². The van der Waals surface area contributed by atoms with Gasteiger partial charge < -0.3 is 65.1 Å². The van der Waals surface area contributed by atoms with E-state index in [1.54, 1.807) is 6.08 Å². The van der Waals surface area contributed by atoms with Crippen LogP contribution in [0.25, 0.3) is 0 Å². The minimum atomic E-state index is -1.79. The number of hydrogen-bond acceptors (Lipinski definition) is 13. The maximum atomic E-state index is 13.0. The number of unbranched alkanes of at least 4 members (excludes halogenated alkanes) is 10. The number of carbonyl (C=O) groups excluding carboxylic acids is 1. The number of aliphatic hydroxyl groups excluding tert-OH is 8. The molecule has 14 nitrogen and oxygen atoms in total. The molecule has 0 saturated carbocycles. The zero-order valence-electron chi connectivity index (χ0n) is 33.6. The molecule has 0 aromatic rings. The molecule has 2 fully saturated rings. The minimum Gasteiger partial charge on any atom is -0.394 e. The third kappa shape index (κ3) is 18.7. The highest BCUT2D eigenvalue weighted by molar-refractivity contribution is 5.76. The monoisotopic (exact) mass is 800 g/mol. The fraction of sp³-hybridized carbons (Fsp3) is 0.786. The van der Waals surface area contributed by atoms with Gasteiger partial charge in [-0.3, -0.25) is 4.79 Å². The lowest BCUT2D eigenvalue weighted by atomic mass is 9.97. The summed E-state index contributed by atoms with van der Waals surface area (Å²) in [6, 6.07) is -0.920. The Labute approximate surface area is 333 Å². The number of ether oxygens (including phenoxy) is 4. The first-order valence-corrected chi connectivity index (χ1v) is 20.9. The first kappa shape index (κ1) is 50.1. The van der Waals surface area contributed by atoms with Crippen LogP contribution in [0.3, 0.4) is 0 Å². The van der Waals surface area contributed by atoms with Crippen molar-refractivity contribution in [3.05, 3.63) is 48.6 Å². The van der Waals surface area contributed by atoms with Crippen LogP contribution in [0.15, 0.2) is 48.6 Å². The van der Waals surface area contributed by atoms with Crippen molar-refractivity contribution in [3.63, 3.8) is 0 Å². The van der Waals surface area contributed by atoms with Gasteiger partial charge in [0.1, 0.15) is 48.8 Å². The van der Waals surface area contributed by atoms with E-state index in [4.69, 9.17) is 18.9 Å². The molecular formula is C42H73NO13. The first-order valence-electron chi connectivity index (χ1n) is 20.9. The summed E-state index contributed by atoms with van der Waals surface area (Å²) >= 11 is 0. The number of hydrogen-bond donors (Lipinski definition) is 9. The van der Waals surface area contributed by atoms with Gasteiger partial charge in [0.15, 0.2) is 12.6 Å². The van der Waals surface area contributed by atoms with Crippen LogP contribution >= 0.6 is 0 Å². The molecule has 0 aliphatic carbocycles. The van der Waals surface area contributed by atoms with E-state index in [0.29, 0.717) is 6.42 Å². The van der Waals surface area contributed by atoms with Gasteiger partial charge in [0.25, 0.3) is 0 Å². The molecule has 2 saturated heterocycles. The van der Waals surface area contributed by atoms with Gasteiger partial charge in [0.05, 0.1) is 32.0 Å². The molecule has 12 unspecified atom stereocenters. The van der Waals surface area contributed by atoms with Crippen LogP contribution in [-0.2, 0) is 23.7 Å². The van der Waals surface area contributed by atoms with E-state index in [2.05, 4.69) is 55.6 Å². The third-order valence-electron chi connectivity index (χ3n) is 10.0. The van der Waals surface area contributed by atoms with Gasteiger partial charge in [-0.25, -0.2) is 0 Å². The van der Waals surface area contributed by atoms with Crippen LogP contribution in [0.2, 0.25) is 0 Å². The Bertz CT molecular complexity index is 1130. The third-order valence-corrected chi connectivity index (χ3v) is 10.0. The van der Waals surface area contributed by atoms with Crippen LogP contribution in [0.4, 0.5) is 0 Å². The van der Waals surface area contributed by atoms with E-state index in [1.807, 2.05) is 6.08 Å². The molecule has 0 bridgehead atoms. The lowest BCUT2D eigenvalue weighted by Crippen LogP contribution is -2.65. The molecule has 2 aliphatic heterocycles. The summed E-state index contributed by atoms with van der Waals surface area (Å²) in [7, 11) is 0. The second kappa shape index (κ2) is 30.1. The smallest absolute Gasteiger partial charge is 0.220 e. The molecule has 2 heterocycles.